The van der Waals surface area contributed by atoms with Gasteiger partial charge in [0.2, 0.25) is 0 Å². The number of hydrogen-bond donors (Lipinski definition) is 1. The minimum Gasteiger partial charge on any atom is -0.298 e. The molecule has 0 aliphatic heterocycles. The summed E-state index contributed by atoms with van der Waals surface area (Å²) >= 11 is 1.24. The highest BCUT2D eigenvalue weighted by molar-refractivity contribution is 7.14. The lowest BCUT2D eigenvalue weighted by atomic mass is 10.2. The molecule has 0 saturated carbocycles. The van der Waals surface area contributed by atoms with E-state index >= 15 is 0 Å². The molecule has 6 nitrogen and oxygen atoms in total. The molecule has 0 unspecified atom stereocenters. The van der Waals surface area contributed by atoms with E-state index in [-0.39, 0.29) is 11.7 Å². The lowest BCUT2D eigenvalue weighted by Crippen LogP contribution is -2.14. The van der Waals surface area contributed by atoms with Gasteiger partial charge < -0.3 is 0 Å². The number of pyridine rings is 1. The van der Waals surface area contributed by atoms with Gasteiger partial charge in [-0.25, -0.2) is 19.0 Å². The second-order valence-corrected chi connectivity index (χ2v) is 6.79. The predicted octanol–water partition coefficient (Wildman–Crippen LogP) is 4.34. The average molecular weight is 393 g/mol. The third kappa shape index (κ3) is 3.41. The number of thiazole rings is 1. The van der Waals surface area contributed by atoms with Crippen LogP contribution < -0.4 is 5.32 Å². The molecule has 3 aromatic heterocycles. The van der Waals surface area contributed by atoms with E-state index in [2.05, 4.69) is 20.4 Å². The van der Waals surface area contributed by atoms with Crippen LogP contribution in [0, 0.1) is 5.82 Å². The Kier molecular flexibility index (Phi) is 4.94. The monoisotopic (exact) mass is 393 g/mol. The number of rotatable bonds is 5. The Morgan fingerprint density at radius 3 is 2.79 bits per heavy atom. The number of halogens is 1. The first-order chi connectivity index (χ1) is 13.7. The lowest BCUT2D eigenvalue weighted by Gasteiger charge is -2.06. The molecule has 8 heteroatoms. The molecule has 28 heavy (non-hydrogen) atoms. The van der Waals surface area contributed by atoms with Crippen molar-refractivity contribution in [3.05, 3.63) is 77.3 Å². The SMILES string of the molecule is CCc1c(C(=O)Nc2nc(-c3ccccc3F)cs2)cnn1-c1ccccn1. The van der Waals surface area contributed by atoms with Gasteiger partial charge in [0.1, 0.15) is 5.82 Å². The van der Waals surface area contributed by atoms with Crippen molar-refractivity contribution in [3.8, 4) is 17.1 Å². The number of nitrogens with one attached hydrogen (secondary N) is 1. The topological polar surface area (TPSA) is 72.7 Å². The molecule has 1 aromatic carbocycles. The fourth-order valence-electron chi connectivity index (χ4n) is 2.87. The Morgan fingerprint density at radius 1 is 1.21 bits per heavy atom. The summed E-state index contributed by atoms with van der Waals surface area (Å²) in [7, 11) is 0. The molecule has 0 aliphatic rings. The van der Waals surface area contributed by atoms with Gasteiger partial charge in [0.25, 0.3) is 5.91 Å². The van der Waals surface area contributed by atoms with E-state index in [1.165, 1.54) is 23.6 Å². The van der Waals surface area contributed by atoms with Gasteiger partial charge in [0, 0.05) is 17.1 Å². The molecule has 0 spiro atoms. The van der Waals surface area contributed by atoms with E-state index in [0.29, 0.717) is 34.2 Å². The molecule has 0 fully saturated rings. The quantitative estimate of drug-likeness (QED) is 0.547. The van der Waals surface area contributed by atoms with Crippen LogP contribution in [0.1, 0.15) is 23.0 Å². The number of aromatic nitrogens is 4. The van der Waals surface area contributed by atoms with Gasteiger partial charge in [-0.2, -0.15) is 5.10 Å². The van der Waals surface area contributed by atoms with Crippen LogP contribution in [-0.4, -0.2) is 25.7 Å². The van der Waals surface area contributed by atoms with Crippen molar-refractivity contribution in [1.82, 2.24) is 19.7 Å². The number of benzene rings is 1. The molecular weight excluding hydrogens is 377 g/mol. The molecule has 3 heterocycles. The maximum atomic E-state index is 13.9. The van der Waals surface area contributed by atoms with Crippen LogP contribution in [0.3, 0.4) is 0 Å². The zero-order chi connectivity index (χ0) is 19.5. The molecular formula is C20H16FN5OS. The summed E-state index contributed by atoms with van der Waals surface area (Å²) < 4.78 is 15.6. The third-order valence-electron chi connectivity index (χ3n) is 4.19. The first-order valence-corrected chi connectivity index (χ1v) is 9.55. The van der Waals surface area contributed by atoms with E-state index in [1.54, 1.807) is 34.5 Å². The Balaban J connectivity index is 1.58. The summed E-state index contributed by atoms with van der Waals surface area (Å²) in [5.74, 6) is -0.0152. The van der Waals surface area contributed by atoms with E-state index in [0.717, 1.165) is 5.69 Å². The van der Waals surface area contributed by atoms with Crippen molar-refractivity contribution in [2.24, 2.45) is 0 Å². The number of carbonyl (C=O) groups excluding carboxylic acids is 1. The minimum atomic E-state index is -0.351. The highest BCUT2D eigenvalue weighted by atomic mass is 32.1. The van der Waals surface area contributed by atoms with Gasteiger partial charge in [-0.1, -0.05) is 25.1 Å². The van der Waals surface area contributed by atoms with Crippen molar-refractivity contribution < 1.29 is 9.18 Å². The van der Waals surface area contributed by atoms with Gasteiger partial charge in [-0.3, -0.25) is 10.1 Å². The first-order valence-electron chi connectivity index (χ1n) is 8.67. The van der Waals surface area contributed by atoms with E-state index in [9.17, 15) is 9.18 Å². The fraction of sp³-hybridized carbons (Fsp3) is 0.100. The molecule has 4 rings (SSSR count). The second kappa shape index (κ2) is 7.69. The largest absolute Gasteiger partial charge is 0.298 e. The second-order valence-electron chi connectivity index (χ2n) is 5.93. The van der Waals surface area contributed by atoms with Crippen LogP contribution in [0.15, 0.2) is 60.2 Å². The fourth-order valence-corrected chi connectivity index (χ4v) is 3.57. The smallest absolute Gasteiger partial charge is 0.260 e. The van der Waals surface area contributed by atoms with Crippen molar-refractivity contribution in [1.29, 1.82) is 0 Å². The summed E-state index contributed by atoms with van der Waals surface area (Å²) in [4.78, 5) is 21.4. The molecule has 1 amide bonds. The highest BCUT2D eigenvalue weighted by Gasteiger charge is 2.19. The van der Waals surface area contributed by atoms with Gasteiger partial charge >= 0.3 is 0 Å². The predicted molar refractivity (Wildman–Crippen MR) is 106 cm³/mol. The number of anilines is 1. The average Bonchev–Trinajstić information content (AvgIpc) is 3.36. The molecule has 0 saturated heterocycles. The van der Waals surface area contributed by atoms with Crippen LogP contribution in [-0.2, 0) is 6.42 Å². The summed E-state index contributed by atoms with van der Waals surface area (Å²) in [6.07, 6.45) is 3.81. The Bertz CT molecular complexity index is 1120. The Hall–Kier alpha value is -3.39. The summed E-state index contributed by atoms with van der Waals surface area (Å²) in [5, 5.41) is 9.20. The number of amides is 1. The molecule has 0 aliphatic carbocycles. The molecule has 0 bridgehead atoms. The van der Waals surface area contributed by atoms with Crippen molar-refractivity contribution in [3.63, 3.8) is 0 Å². The molecule has 1 N–H and O–H groups in total. The van der Waals surface area contributed by atoms with Crippen molar-refractivity contribution in [2.45, 2.75) is 13.3 Å². The normalized spacial score (nSPS) is 10.8. The minimum absolute atomic E-state index is 0.312. The zero-order valence-electron chi connectivity index (χ0n) is 15.0. The molecule has 0 radical (unpaired) electrons. The van der Waals surface area contributed by atoms with E-state index in [1.807, 2.05) is 25.1 Å². The lowest BCUT2D eigenvalue weighted by molar-refractivity contribution is 0.102. The van der Waals surface area contributed by atoms with Crippen LogP contribution in [0.25, 0.3) is 17.1 Å². The maximum absolute atomic E-state index is 13.9. The Morgan fingerprint density at radius 2 is 2.04 bits per heavy atom. The third-order valence-corrected chi connectivity index (χ3v) is 4.95. The van der Waals surface area contributed by atoms with Crippen molar-refractivity contribution in [2.75, 3.05) is 5.32 Å². The van der Waals surface area contributed by atoms with Gasteiger partial charge in [0.05, 0.1) is 23.1 Å². The molecule has 0 atom stereocenters. The van der Waals surface area contributed by atoms with Crippen LogP contribution in [0.5, 0.6) is 0 Å². The summed E-state index contributed by atoms with van der Waals surface area (Å²) in [6.45, 7) is 1.95. The Labute approximate surface area is 164 Å². The molecule has 140 valence electrons. The van der Waals surface area contributed by atoms with Gasteiger partial charge in [-0.05, 0) is 30.7 Å². The van der Waals surface area contributed by atoms with Crippen molar-refractivity contribution >= 4 is 22.4 Å². The van der Waals surface area contributed by atoms with E-state index < -0.39 is 0 Å². The van der Waals surface area contributed by atoms with Crippen LogP contribution >= 0.6 is 11.3 Å². The molecule has 4 aromatic rings. The highest BCUT2D eigenvalue weighted by Crippen LogP contribution is 2.27. The van der Waals surface area contributed by atoms with Crippen LogP contribution in [0.4, 0.5) is 9.52 Å². The maximum Gasteiger partial charge on any atom is 0.260 e. The number of nitrogens with zero attached hydrogens (tertiary/aromatic N) is 4. The van der Waals surface area contributed by atoms with Gasteiger partial charge in [-0.15, -0.1) is 11.3 Å². The number of hydrogen-bond acceptors (Lipinski definition) is 5. The van der Waals surface area contributed by atoms with Crippen LogP contribution in [0.2, 0.25) is 0 Å². The number of carbonyl (C=O) groups is 1. The van der Waals surface area contributed by atoms with Gasteiger partial charge in [0.15, 0.2) is 10.9 Å². The first kappa shape index (κ1) is 18.0. The standard InChI is InChI=1S/C20H16FN5OS/c1-2-17-14(11-23-26(17)18-9-5-6-10-22-18)19(27)25-20-24-16(12-28-20)13-7-3-4-8-15(13)21/h3-12H,2H2,1H3,(H,24,25,27). The van der Waals surface area contributed by atoms with E-state index in [4.69, 9.17) is 0 Å². The zero-order valence-corrected chi connectivity index (χ0v) is 15.8. The summed E-state index contributed by atoms with van der Waals surface area (Å²) in [5.41, 5.74) is 2.09. The summed E-state index contributed by atoms with van der Waals surface area (Å²) in [6, 6.07) is 11.9.